The van der Waals surface area contributed by atoms with Crippen molar-refractivity contribution in [2.24, 2.45) is 0 Å². The molecule has 8 nitrogen and oxygen atoms in total. The average Bonchev–Trinajstić information content (AvgIpc) is 3.40. The van der Waals surface area contributed by atoms with Gasteiger partial charge in [-0.1, -0.05) is 41.8 Å². The highest BCUT2D eigenvalue weighted by Crippen LogP contribution is 2.58. The summed E-state index contributed by atoms with van der Waals surface area (Å²) < 4.78 is 0. The zero-order valence-electron chi connectivity index (χ0n) is 19.6. The van der Waals surface area contributed by atoms with Crippen LogP contribution in [0.2, 0.25) is 5.02 Å². The Hall–Kier alpha value is -3.09. The van der Waals surface area contributed by atoms with Crippen molar-refractivity contribution in [1.29, 1.82) is 0 Å². The van der Waals surface area contributed by atoms with E-state index in [1.165, 1.54) is 0 Å². The Labute approximate surface area is 209 Å². The van der Waals surface area contributed by atoms with Crippen molar-refractivity contribution in [1.82, 2.24) is 4.90 Å². The fourth-order valence-corrected chi connectivity index (χ4v) is 4.73. The molecule has 184 valence electrons. The lowest BCUT2D eigenvalue weighted by Gasteiger charge is -2.27. The highest BCUT2D eigenvalue weighted by Gasteiger charge is 2.62. The van der Waals surface area contributed by atoms with Crippen LogP contribution in [0.5, 0.6) is 0 Å². The van der Waals surface area contributed by atoms with Gasteiger partial charge in [0.25, 0.3) is 5.91 Å². The standard InChI is InChI=1S/C19H21N3O5.C7H7Cl/c1-2-3-16(23)21-9-6-13(11-21)20-12-4-5-14-15(10-12)22(19(25,26)27)17(24)18(14)7-8-18;1-6-4-2-3-5-7(6)8/h4-5,10,13,20,25-27H,6-9,11H2,1H3;2-5H,1H3. The number of aliphatic hydroxyl groups is 3. The minimum Gasteiger partial charge on any atom is -0.380 e. The Bertz CT molecular complexity index is 1190. The van der Waals surface area contributed by atoms with Crippen LogP contribution in [0.3, 0.4) is 0 Å². The normalized spacial score (nSPS) is 19.5. The number of anilines is 2. The molecule has 0 bridgehead atoms. The van der Waals surface area contributed by atoms with Crippen LogP contribution < -0.4 is 10.2 Å². The topological polar surface area (TPSA) is 113 Å². The monoisotopic (exact) mass is 497 g/mol. The lowest BCUT2D eigenvalue weighted by Crippen LogP contribution is -2.52. The third-order valence-corrected chi connectivity index (χ3v) is 7.00. The molecule has 9 heteroatoms. The van der Waals surface area contributed by atoms with Gasteiger partial charge in [0.15, 0.2) is 0 Å². The van der Waals surface area contributed by atoms with Crippen LogP contribution in [0, 0.1) is 18.8 Å². The lowest BCUT2D eigenvalue weighted by molar-refractivity contribution is -0.306. The van der Waals surface area contributed by atoms with Gasteiger partial charge in [-0.25, -0.2) is 4.90 Å². The van der Waals surface area contributed by atoms with Crippen molar-refractivity contribution < 1.29 is 24.9 Å². The van der Waals surface area contributed by atoms with Gasteiger partial charge in [-0.2, -0.15) is 0 Å². The Kier molecular flexibility index (Phi) is 6.80. The summed E-state index contributed by atoms with van der Waals surface area (Å²) in [7, 11) is 0. The van der Waals surface area contributed by atoms with Gasteiger partial charge in [0, 0.05) is 29.8 Å². The molecule has 3 aliphatic rings. The first-order valence-corrected chi connectivity index (χ1v) is 11.8. The summed E-state index contributed by atoms with van der Waals surface area (Å²) >= 11 is 5.71. The molecule has 2 fully saturated rings. The minimum atomic E-state index is -3.24. The van der Waals surface area contributed by atoms with Crippen LogP contribution in [0.15, 0.2) is 42.5 Å². The van der Waals surface area contributed by atoms with Crippen molar-refractivity contribution in [2.75, 3.05) is 23.3 Å². The van der Waals surface area contributed by atoms with E-state index in [1.807, 2.05) is 37.3 Å². The first-order valence-electron chi connectivity index (χ1n) is 11.4. The van der Waals surface area contributed by atoms with Crippen LogP contribution in [-0.4, -0.2) is 57.3 Å². The molecule has 2 aromatic rings. The summed E-state index contributed by atoms with van der Waals surface area (Å²) in [4.78, 5) is 26.8. The molecule has 0 aromatic heterocycles. The molecule has 1 unspecified atom stereocenters. The van der Waals surface area contributed by atoms with E-state index >= 15 is 0 Å². The smallest absolute Gasteiger partial charge is 0.376 e. The number of aryl methyl sites for hydroxylation is 1. The first kappa shape index (κ1) is 25.0. The highest BCUT2D eigenvalue weighted by molar-refractivity contribution is 6.31. The molecule has 1 spiro atoms. The number of rotatable bonds is 3. The summed E-state index contributed by atoms with van der Waals surface area (Å²) in [5.41, 5.74) is 2.05. The predicted octanol–water partition coefficient (Wildman–Crippen LogP) is 2.34. The Morgan fingerprint density at radius 1 is 1.20 bits per heavy atom. The second-order valence-corrected chi connectivity index (χ2v) is 9.47. The molecule has 1 saturated heterocycles. The molecule has 2 aliphatic heterocycles. The molecule has 1 aliphatic carbocycles. The van der Waals surface area contributed by atoms with Gasteiger partial charge in [-0.15, -0.1) is 0 Å². The maximum atomic E-state index is 12.6. The molecular weight excluding hydrogens is 470 g/mol. The molecule has 2 heterocycles. The van der Waals surface area contributed by atoms with Crippen LogP contribution in [0.25, 0.3) is 0 Å². The Morgan fingerprint density at radius 2 is 1.91 bits per heavy atom. The molecule has 5 rings (SSSR count). The van der Waals surface area contributed by atoms with Gasteiger partial charge in [0.05, 0.1) is 11.1 Å². The maximum absolute atomic E-state index is 12.6. The van der Waals surface area contributed by atoms with Gasteiger partial charge in [-0.3, -0.25) is 9.59 Å². The van der Waals surface area contributed by atoms with Crippen LogP contribution >= 0.6 is 11.6 Å². The number of carbonyl (C=O) groups excluding carboxylic acids is 2. The van der Waals surface area contributed by atoms with E-state index in [9.17, 15) is 24.9 Å². The third-order valence-electron chi connectivity index (χ3n) is 6.57. The molecule has 2 amide bonds. The molecule has 2 aromatic carbocycles. The third kappa shape index (κ3) is 5.00. The van der Waals surface area contributed by atoms with Gasteiger partial charge >= 0.3 is 6.10 Å². The number of nitrogens with zero attached hydrogens (tertiary/aromatic N) is 2. The molecule has 1 saturated carbocycles. The Morgan fingerprint density at radius 3 is 2.49 bits per heavy atom. The quantitative estimate of drug-likeness (QED) is 0.382. The van der Waals surface area contributed by atoms with Crippen LogP contribution in [-0.2, 0) is 15.0 Å². The van der Waals surface area contributed by atoms with Crippen LogP contribution in [0.1, 0.15) is 37.3 Å². The van der Waals surface area contributed by atoms with Crippen molar-refractivity contribution in [3.05, 3.63) is 58.6 Å². The highest BCUT2D eigenvalue weighted by atomic mass is 35.5. The predicted molar refractivity (Wildman–Crippen MR) is 132 cm³/mol. The van der Waals surface area contributed by atoms with Gasteiger partial charge in [0.1, 0.15) is 0 Å². The molecule has 4 N–H and O–H groups in total. The second-order valence-electron chi connectivity index (χ2n) is 9.06. The van der Waals surface area contributed by atoms with E-state index in [0.717, 1.165) is 17.0 Å². The molecule has 35 heavy (non-hydrogen) atoms. The summed E-state index contributed by atoms with van der Waals surface area (Å²) in [6.45, 7) is 4.73. The fraction of sp³-hybridized carbons (Fsp3) is 0.385. The van der Waals surface area contributed by atoms with E-state index in [4.69, 9.17) is 11.6 Å². The van der Waals surface area contributed by atoms with E-state index in [2.05, 4.69) is 17.2 Å². The van der Waals surface area contributed by atoms with Crippen LogP contribution in [0.4, 0.5) is 11.4 Å². The number of nitrogens with one attached hydrogen (secondary N) is 1. The zero-order valence-corrected chi connectivity index (χ0v) is 20.3. The zero-order chi connectivity index (χ0) is 25.4. The van der Waals surface area contributed by atoms with Gasteiger partial charge in [-0.05, 0) is 68.4 Å². The summed E-state index contributed by atoms with van der Waals surface area (Å²) in [5, 5.41) is 33.1. The first-order chi connectivity index (χ1) is 16.6. The van der Waals surface area contributed by atoms with Crippen molar-refractivity contribution in [2.45, 2.75) is 50.7 Å². The number of fused-ring (bicyclic) bond motifs is 2. The number of hydrogen-bond donors (Lipinski definition) is 4. The summed E-state index contributed by atoms with van der Waals surface area (Å²) in [5.74, 6) is 4.43. The fourth-order valence-electron chi connectivity index (χ4n) is 4.59. The van der Waals surface area contributed by atoms with E-state index in [0.29, 0.717) is 42.1 Å². The van der Waals surface area contributed by atoms with Gasteiger partial charge < -0.3 is 25.5 Å². The maximum Gasteiger partial charge on any atom is 0.376 e. The SMILES string of the molecule is CC#CC(=O)N1CCC(Nc2ccc3c(c2)N(C(O)(O)O)C(=O)C32CC2)C1.Cc1ccccc1Cl. The largest absolute Gasteiger partial charge is 0.380 e. The second kappa shape index (κ2) is 9.51. The number of hydrogen-bond acceptors (Lipinski definition) is 6. The number of benzene rings is 2. The van der Waals surface area contributed by atoms with Crippen molar-refractivity contribution >= 4 is 34.8 Å². The Balaban J connectivity index is 0.000000308. The minimum absolute atomic E-state index is 0.0215. The average molecular weight is 498 g/mol. The van der Waals surface area contributed by atoms with E-state index in [-0.39, 0.29) is 17.6 Å². The number of halogens is 1. The number of amides is 2. The van der Waals surface area contributed by atoms with E-state index < -0.39 is 17.4 Å². The number of likely N-dealkylation sites (tertiary alicyclic amines) is 1. The molecular formula is C26H28ClN3O5. The van der Waals surface area contributed by atoms with Crippen molar-refractivity contribution in [3.63, 3.8) is 0 Å². The lowest BCUT2D eigenvalue weighted by atomic mass is 9.97. The van der Waals surface area contributed by atoms with Crippen molar-refractivity contribution in [3.8, 4) is 11.8 Å². The number of carbonyl (C=O) groups is 2. The summed E-state index contributed by atoms with van der Waals surface area (Å²) in [6, 6.07) is 13.0. The molecule has 1 atom stereocenters. The molecule has 0 radical (unpaired) electrons. The van der Waals surface area contributed by atoms with E-state index in [1.54, 1.807) is 24.0 Å². The van der Waals surface area contributed by atoms with Gasteiger partial charge in [0.2, 0.25) is 5.91 Å². The summed E-state index contributed by atoms with van der Waals surface area (Å²) in [6.07, 6.45) is -1.25.